The molecule has 7 heteroatoms. The van der Waals surface area contributed by atoms with Crippen LogP contribution in [0.5, 0.6) is 5.75 Å². The first-order valence-electron chi connectivity index (χ1n) is 8.45. The molecule has 0 bridgehead atoms. The van der Waals surface area contributed by atoms with Gasteiger partial charge in [0, 0.05) is 17.4 Å². The number of anilines is 2. The van der Waals surface area contributed by atoms with Gasteiger partial charge in [-0.05, 0) is 55.0 Å². The molecule has 0 radical (unpaired) electrons. The SMILES string of the molecule is COc1ccc(C)cc1NC(=O)c1ccnc(C(=O)Nc2cccc(F)c2)c1. The largest absolute Gasteiger partial charge is 0.495 e. The molecule has 3 aromatic rings. The van der Waals surface area contributed by atoms with Gasteiger partial charge in [-0.25, -0.2) is 4.39 Å². The third-order valence-corrected chi connectivity index (χ3v) is 3.94. The molecule has 0 saturated carbocycles. The Kier molecular flexibility index (Phi) is 5.64. The van der Waals surface area contributed by atoms with Gasteiger partial charge in [0.1, 0.15) is 17.3 Å². The molecular weight excluding hydrogens is 361 g/mol. The second kappa shape index (κ2) is 8.30. The highest BCUT2D eigenvalue weighted by Crippen LogP contribution is 2.25. The highest BCUT2D eigenvalue weighted by Gasteiger charge is 2.14. The standard InChI is InChI=1S/C21H18FN3O3/c1-13-6-7-19(28-2)17(10-13)25-20(26)14-8-9-23-18(11-14)21(27)24-16-5-3-4-15(22)12-16/h3-12H,1-2H3,(H,24,27)(H,25,26). The van der Waals surface area contributed by atoms with E-state index in [1.165, 1.54) is 43.6 Å². The van der Waals surface area contributed by atoms with Crippen LogP contribution in [-0.2, 0) is 0 Å². The summed E-state index contributed by atoms with van der Waals surface area (Å²) >= 11 is 0. The van der Waals surface area contributed by atoms with Crippen LogP contribution in [0.3, 0.4) is 0 Å². The van der Waals surface area contributed by atoms with Crippen LogP contribution in [0.25, 0.3) is 0 Å². The molecule has 0 aliphatic carbocycles. The topological polar surface area (TPSA) is 80.3 Å². The molecule has 0 aliphatic rings. The van der Waals surface area contributed by atoms with E-state index < -0.39 is 17.6 Å². The zero-order valence-corrected chi connectivity index (χ0v) is 15.3. The maximum Gasteiger partial charge on any atom is 0.274 e. The number of hydrogen-bond acceptors (Lipinski definition) is 4. The highest BCUT2D eigenvalue weighted by atomic mass is 19.1. The van der Waals surface area contributed by atoms with Crippen molar-refractivity contribution in [3.05, 3.63) is 83.4 Å². The van der Waals surface area contributed by atoms with Crippen molar-refractivity contribution in [2.75, 3.05) is 17.7 Å². The van der Waals surface area contributed by atoms with E-state index in [0.717, 1.165) is 5.56 Å². The average molecular weight is 379 g/mol. The van der Waals surface area contributed by atoms with Gasteiger partial charge in [0.15, 0.2) is 0 Å². The Morgan fingerprint density at radius 1 is 1.00 bits per heavy atom. The molecule has 0 aliphatic heterocycles. The molecule has 0 saturated heterocycles. The molecular formula is C21H18FN3O3. The zero-order chi connectivity index (χ0) is 20.1. The van der Waals surface area contributed by atoms with E-state index in [1.807, 2.05) is 13.0 Å². The lowest BCUT2D eigenvalue weighted by atomic mass is 10.1. The van der Waals surface area contributed by atoms with Crippen molar-refractivity contribution < 1.29 is 18.7 Å². The molecule has 2 N–H and O–H groups in total. The maximum absolute atomic E-state index is 13.3. The summed E-state index contributed by atoms with van der Waals surface area (Å²) in [7, 11) is 1.52. The fraction of sp³-hybridized carbons (Fsp3) is 0.0952. The summed E-state index contributed by atoms with van der Waals surface area (Å²) < 4.78 is 18.5. The number of hydrogen-bond donors (Lipinski definition) is 2. The van der Waals surface area contributed by atoms with Crippen LogP contribution in [0.15, 0.2) is 60.8 Å². The number of nitrogens with zero attached hydrogens (tertiary/aromatic N) is 1. The van der Waals surface area contributed by atoms with Gasteiger partial charge in [0.05, 0.1) is 12.8 Å². The minimum absolute atomic E-state index is 0.0353. The van der Waals surface area contributed by atoms with E-state index in [9.17, 15) is 14.0 Å². The predicted octanol–water partition coefficient (Wildman–Crippen LogP) is 4.04. The van der Waals surface area contributed by atoms with E-state index in [4.69, 9.17) is 4.74 Å². The number of rotatable bonds is 5. The molecule has 142 valence electrons. The highest BCUT2D eigenvalue weighted by molar-refractivity contribution is 6.08. The molecule has 0 atom stereocenters. The molecule has 0 fully saturated rings. The monoisotopic (exact) mass is 379 g/mol. The van der Waals surface area contributed by atoms with Gasteiger partial charge in [-0.1, -0.05) is 12.1 Å². The number of benzene rings is 2. The number of nitrogens with one attached hydrogen (secondary N) is 2. The quantitative estimate of drug-likeness (QED) is 0.701. The second-order valence-corrected chi connectivity index (χ2v) is 6.05. The van der Waals surface area contributed by atoms with Crippen molar-refractivity contribution >= 4 is 23.2 Å². The van der Waals surface area contributed by atoms with Gasteiger partial charge in [-0.15, -0.1) is 0 Å². The van der Waals surface area contributed by atoms with Crippen molar-refractivity contribution in [1.82, 2.24) is 4.98 Å². The maximum atomic E-state index is 13.3. The third kappa shape index (κ3) is 4.50. The number of aryl methyl sites for hydroxylation is 1. The van der Waals surface area contributed by atoms with Crippen LogP contribution in [0, 0.1) is 12.7 Å². The van der Waals surface area contributed by atoms with Gasteiger partial charge >= 0.3 is 0 Å². The van der Waals surface area contributed by atoms with Crippen molar-refractivity contribution in [2.24, 2.45) is 0 Å². The summed E-state index contributed by atoms with van der Waals surface area (Å²) in [6.45, 7) is 1.90. The predicted molar refractivity (Wildman–Crippen MR) is 104 cm³/mol. The Balaban J connectivity index is 1.78. The summed E-state index contributed by atoms with van der Waals surface area (Å²) in [6.07, 6.45) is 1.36. The van der Waals surface area contributed by atoms with Gasteiger partial charge in [0.25, 0.3) is 11.8 Å². The molecule has 28 heavy (non-hydrogen) atoms. The van der Waals surface area contributed by atoms with Crippen molar-refractivity contribution in [3.63, 3.8) is 0 Å². The third-order valence-electron chi connectivity index (χ3n) is 3.94. The first-order chi connectivity index (χ1) is 13.5. The Bertz CT molecular complexity index is 1040. The number of carbonyl (C=O) groups excluding carboxylic acids is 2. The van der Waals surface area contributed by atoms with Crippen LogP contribution in [0.4, 0.5) is 15.8 Å². The van der Waals surface area contributed by atoms with Crippen LogP contribution in [-0.4, -0.2) is 23.9 Å². The molecule has 0 spiro atoms. The van der Waals surface area contributed by atoms with Crippen molar-refractivity contribution in [1.29, 1.82) is 0 Å². The second-order valence-electron chi connectivity index (χ2n) is 6.05. The lowest BCUT2D eigenvalue weighted by Gasteiger charge is -2.11. The number of pyridine rings is 1. The van der Waals surface area contributed by atoms with Gasteiger partial charge in [-0.3, -0.25) is 14.6 Å². The summed E-state index contributed by atoms with van der Waals surface area (Å²) in [4.78, 5) is 28.9. The minimum atomic E-state index is -0.548. The molecule has 3 rings (SSSR count). The number of aromatic nitrogens is 1. The van der Waals surface area contributed by atoms with E-state index in [2.05, 4.69) is 15.6 Å². The normalized spacial score (nSPS) is 10.2. The van der Waals surface area contributed by atoms with Crippen molar-refractivity contribution in [2.45, 2.75) is 6.92 Å². The Morgan fingerprint density at radius 3 is 2.57 bits per heavy atom. The Hall–Kier alpha value is -3.74. The molecule has 6 nitrogen and oxygen atoms in total. The molecule has 1 heterocycles. The Labute approximate surface area is 161 Å². The van der Waals surface area contributed by atoms with Gasteiger partial charge in [-0.2, -0.15) is 0 Å². The van der Waals surface area contributed by atoms with Gasteiger partial charge < -0.3 is 15.4 Å². The lowest BCUT2D eigenvalue weighted by Crippen LogP contribution is -2.17. The number of carbonyl (C=O) groups is 2. The fourth-order valence-corrected chi connectivity index (χ4v) is 2.57. The van der Waals surface area contributed by atoms with E-state index in [-0.39, 0.29) is 11.3 Å². The average Bonchev–Trinajstić information content (AvgIpc) is 2.68. The number of amides is 2. The molecule has 1 aromatic heterocycles. The van der Waals surface area contributed by atoms with E-state index >= 15 is 0 Å². The summed E-state index contributed by atoms with van der Waals surface area (Å²) in [5.74, 6) is -0.900. The number of ether oxygens (including phenoxy) is 1. The van der Waals surface area contributed by atoms with Crippen LogP contribution >= 0.6 is 0 Å². The van der Waals surface area contributed by atoms with Crippen LogP contribution < -0.4 is 15.4 Å². The first kappa shape index (κ1) is 19.0. The zero-order valence-electron chi connectivity index (χ0n) is 15.3. The fourth-order valence-electron chi connectivity index (χ4n) is 2.57. The van der Waals surface area contributed by atoms with E-state index in [1.54, 1.807) is 18.2 Å². The van der Waals surface area contributed by atoms with Crippen molar-refractivity contribution in [3.8, 4) is 5.75 Å². The first-order valence-corrected chi connectivity index (χ1v) is 8.45. The molecule has 2 amide bonds. The minimum Gasteiger partial charge on any atom is -0.495 e. The van der Waals surface area contributed by atoms with E-state index in [0.29, 0.717) is 17.1 Å². The van der Waals surface area contributed by atoms with Crippen LogP contribution in [0.2, 0.25) is 0 Å². The van der Waals surface area contributed by atoms with Crippen LogP contribution in [0.1, 0.15) is 26.4 Å². The summed E-state index contributed by atoms with van der Waals surface area (Å²) in [6, 6.07) is 13.8. The summed E-state index contributed by atoms with van der Waals surface area (Å²) in [5.41, 5.74) is 2.07. The smallest absolute Gasteiger partial charge is 0.274 e. The number of halogens is 1. The van der Waals surface area contributed by atoms with Gasteiger partial charge in [0.2, 0.25) is 0 Å². The lowest BCUT2D eigenvalue weighted by molar-refractivity contribution is 0.102. The Morgan fingerprint density at radius 2 is 1.82 bits per heavy atom. The molecule has 0 unspecified atom stereocenters. The molecule has 2 aromatic carbocycles. The number of methoxy groups -OCH3 is 1. The summed E-state index contributed by atoms with van der Waals surface area (Å²) in [5, 5.41) is 5.32.